The maximum absolute atomic E-state index is 5.17. The molecule has 0 spiro atoms. The van der Waals surface area contributed by atoms with Gasteiger partial charge in [0.15, 0.2) is 0 Å². The summed E-state index contributed by atoms with van der Waals surface area (Å²) in [5.74, 6) is 0. The van der Waals surface area contributed by atoms with Gasteiger partial charge < -0.3 is 4.90 Å². The molecule has 0 aliphatic carbocycles. The Morgan fingerprint density at radius 2 is 2.40 bits per heavy atom. The summed E-state index contributed by atoms with van der Waals surface area (Å²) in [4.78, 5) is 3.34. The average Bonchev–Trinajstić information content (AvgIpc) is 1.94. The molecule has 0 saturated carbocycles. The minimum Gasteiger partial charge on any atom is -0.362 e. The first kappa shape index (κ1) is 7.73. The number of piperidine rings is 1. The van der Waals surface area contributed by atoms with E-state index in [0.717, 1.165) is 24.5 Å². The van der Waals surface area contributed by atoms with Crippen molar-refractivity contribution in [3.63, 3.8) is 0 Å². The molecule has 0 radical (unpaired) electrons. The second kappa shape index (κ2) is 3.71. The highest BCUT2D eigenvalue weighted by molar-refractivity contribution is 7.80. The van der Waals surface area contributed by atoms with Crippen LogP contribution >= 0.6 is 12.2 Å². The van der Waals surface area contributed by atoms with Crippen LogP contribution in [0, 0.1) is 0 Å². The smallest absolute Gasteiger partial charge is 0.0782 e. The van der Waals surface area contributed by atoms with Crippen molar-refractivity contribution in [2.75, 3.05) is 13.1 Å². The summed E-state index contributed by atoms with van der Waals surface area (Å²) in [7, 11) is 0. The number of likely N-dealkylation sites (tertiary alicyclic amines) is 1. The quantitative estimate of drug-likeness (QED) is 0.443. The Kier molecular flexibility index (Phi) is 2.87. The Labute approximate surface area is 67.7 Å². The molecule has 10 heavy (non-hydrogen) atoms. The Morgan fingerprint density at radius 3 is 3.00 bits per heavy atom. The van der Waals surface area contributed by atoms with Crippen LogP contribution in [0.15, 0.2) is 12.7 Å². The summed E-state index contributed by atoms with van der Waals surface area (Å²) in [6, 6.07) is 0. The Morgan fingerprint density at radius 1 is 1.60 bits per heavy atom. The third-order valence-corrected chi connectivity index (χ3v) is 2.23. The van der Waals surface area contributed by atoms with Crippen molar-refractivity contribution in [2.24, 2.45) is 0 Å². The minimum absolute atomic E-state index is 0.929. The van der Waals surface area contributed by atoms with Crippen molar-refractivity contribution < 1.29 is 0 Å². The minimum atomic E-state index is 0.929. The van der Waals surface area contributed by atoms with E-state index < -0.39 is 0 Å². The predicted octanol–water partition coefficient (Wildman–Crippen LogP) is 1.99. The zero-order valence-corrected chi connectivity index (χ0v) is 6.99. The Bertz CT molecular complexity index is 142. The molecule has 0 aromatic carbocycles. The van der Waals surface area contributed by atoms with Crippen LogP contribution in [-0.2, 0) is 0 Å². The molecule has 0 atom stereocenters. The first-order valence-corrected chi connectivity index (χ1v) is 4.14. The van der Waals surface area contributed by atoms with Crippen LogP contribution in [0.25, 0.3) is 0 Å². The van der Waals surface area contributed by atoms with Crippen LogP contribution in [0.1, 0.15) is 19.3 Å². The molecule has 56 valence electrons. The monoisotopic (exact) mass is 155 g/mol. The van der Waals surface area contributed by atoms with Crippen LogP contribution in [0.3, 0.4) is 0 Å². The molecule has 0 unspecified atom stereocenters. The average molecular weight is 155 g/mol. The van der Waals surface area contributed by atoms with E-state index >= 15 is 0 Å². The molecular formula is C8H13NS. The maximum atomic E-state index is 5.17. The van der Waals surface area contributed by atoms with Crippen LogP contribution in [0.2, 0.25) is 0 Å². The summed E-state index contributed by atoms with van der Waals surface area (Å²) in [5.41, 5.74) is 0. The Hall–Kier alpha value is -0.370. The lowest BCUT2D eigenvalue weighted by molar-refractivity contribution is 0.411. The van der Waals surface area contributed by atoms with Gasteiger partial charge in [-0.05, 0) is 19.3 Å². The fourth-order valence-electron chi connectivity index (χ4n) is 1.21. The van der Waals surface area contributed by atoms with E-state index in [1.807, 2.05) is 6.08 Å². The van der Waals surface area contributed by atoms with Gasteiger partial charge in [-0.2, -0.15) is 0 Å². The molecule has 1 aliphatic rings. The van der Waals surface area contributed by atoms with E-state index in [0.29, 0.717) is 0 Å². The van der Waals surface area contributed by atoms with E-state index in [2.05, 4.69) is 11.5 Å². The highest BCUT2D eigenvalue weighted by Crippen LogP contribution is 2.11. The van der Waals surface area contributed by atoms with E-state index in [9.17, 15) is 0 Å². The highest BCUT2D eigenvalue weighted by Gasteiger charge is 2.11. The van der Waals surface area contributed by atoms with Crippen molar-refractivity contribution in [1.82, 2.24) is 4.90 Å². The lowest BCUT2D eigenvalue weighted by atomic mass is 10.1. The molecule has 1 rings (SSSR count). The van der Waals surface area contributed by atoms with Gasteiger partial charge in [0.2, 0.25) is 0 Å². The number of hydrogen-bond donors (Lipinski definition) is 0. The normalized spacial score (nSPS) is 19.2. The molecule has 0 aromatic heterocycles. The zero-order valence-electron chi connectivity index (χ0n) is 6.18. The summed E-state index contributed by atoms with van der Waals surface area (Å²) < 4.78 is 0. The van der Waals surface area contributed by atoms with E-state index in [4.69, 9.17) is 12.2 Å². The van der Waals surface area contributed by atoms with Crippen molar-refractivity contribution in [3.8, 4) is 0 Å². The molecule has 1 aliphatic heterocycles. The van der Waals surface area contributed by atoms with Gasteiger partial charge in [0.05, 0.1) is 4.99 Å². The highest BCUT2D eigenvalue weighted by atomic mass is 32.1. The van der Waals surface area contributed by atoms with Gasteiger partial charge in [0, 0.05) is 13.1 Å². The van der Waals surface area contributed by atoms with Crippen LogP contribution in [0.4, 0.5) is 0 Å². The fraction of sp³-hybridized carbons (Fsp3) is 0.625. The van der Waals surface area contributed by atoms with Gasteiger partial charge in [0.1, 0.15) is 0 Å². The molecule has 0 aromatic rings. The number of hydrogen-bond acceptors (Lipinski definition) is 1. The lowest BCUT2D eigenvalue weighted by Gasteiger charge is -2.27. The van der Waals surface area contributed by atoms with Gasteiger partial charge >= 0.3 is 0 Å². The molecule has 0 amide bonds. The van der Waals surface area contributed by atoms with E-state index in [1.54, 1.807) is 0 Å². The molecule has 0 N–H and O–H groups in total. The summed E-state index contributed by atoms with van der Waals surface area (Å²) in [5, 5.41) is 0. The third-order valence-electron chi connectivity index (χ3n) is 1.77. The molecule has 0 bridgehead atoms. The second-order valence-corrected chi connectivity index (χ2v) is 3.06. The first-order chi connectivity index (χ1) is 4.84. The summed E-state index contributed by atoms with van der Waals surface area (Å²) >= 11 is 5.17. The number of nitrogens with zero attached hydrogens (tertiary/aromatic N) is 1. The molecule has 1 saturated heterocycles. The largest absolute Gasteiger partial charge is 0.362 e. The SMILES string of the molecule is C=CCN1CCCCC1=S. The van der Waals surface area contributed by atoms with E-state index in [-0.39, 0.29) is 0 Å². The predicted molar refractivity (Wildman–Crippen MR) is 48.2 cm³/mol. The summed E-state index contributed by atoms with van der Waals surface area (Å²) in [6.07, 6.45) is 5.57. The van der Waals surface area contributed by atoms with E-state index in [1.165, 1.54) is 12.8 Å². The summed E-state index contributed by atoms with van der Waals surface area (Å²) in [6.45, 7) is 5.75. The topological polar surface area (TPSA) is 3.24 Å². The number of thiocarbonyl (C=S) groups is 1. The Balaban J connectivity index is 2.39. The lowest BCUT2D eigenvalue weighted by Crippen LogP contribution is -2.33. The third kappa shape index (κ3) is 1.81. The molecule has 1 fully saturated rings. The van der Waals surface area contributed by atoms with Crippen LogP contribution < -0.4 is 0 Å². The van der Waals surface area contributed by atoms with Gasteiger partial charge in [-0.3, -0.25) is 0 Å². The van der Waals surface area contributed by atoms with Gasteiger partial charge in [-0.1, -0.05) is 18.3 Å². The second-order valence-electron chi connectivity index (χ2n) is 2.59. The van der Waals surface area contributed by atoms with Crippen molar-refractivity contribution in [1.29, 1.82) is 0 Å². The number of rotatable bonds is 2. The van der Waals surface area contributed by atoms with Crippen molar-refractivity contribution in [3.05, 3.63) is 12.7 Å². The molecule has 1 heterocycles. The maximum Gasteiger partial charge on any atom is 0.0782 e. The fourth-order valence-corrected chi connectivity index (χ4v) is 1.52. The standard InChI is InChI=1S/C8H13NS/c1-2-6-9-7-4-3-5-8(9)10/h2H,1,3-7H2. The molecule has 2 heteroatoms. The van der Waals surface area contributed by atoms with Crippen LogP contribution in [0.5, 0.6) is 0 Å². The molecular weight excluding hydrogens is 142 g/mol. The van der Waals surface area contributed by atoms with Gasteiger partial charge in [-0.25, -0.2) is 0 Å². The van der Waals surface area contributed by atoms with Gasteiger partial charge in [-0.15, -0.1) is 6.58 Å². The zero-order chi connectivity index (χ0) is 7.40. The first-order valence-electron chi connectivity index (χ1n) is 3.73. The van der Waals surface area contributed by atoms with Gasteiger partial charge in [0.25, 0.3) is 0 Å². The van der Waals surface area contributed by atoms with Crippen molar-refractivity contribution >= 4 is 17.2 Å². The van der Waals surface area contributed by atoms with Crippen LogP contribution in [-0.4, -0.2) is 23.0 Å². The molecule has 1 nitrogen and oxygen atoms in total. The van der Waals surface area contributed by atoms with Crippen molar-refractivity contribution in [2.45, 2.75) is 19.3 Å².